The van der Waals surface area contributed by atoms with Crippen molar-refractivity contribution in [2.45, 2.75) is 87.1 Å². The molecule has 0 bridgehead atoms. The lowest BCUT2D eigenvalue weighted by Gasteiger charge is -2.26. The van der Waals surface area contributed by atoms with Crippen molar-refractivity contribution in [3.63, 3.8) is 0 Å². The Balaban J connectivity index is 4.66. The van der Waals surface area contributed by atoms with Gasteiger partial charge in [-0.05, 0) is 36.0 Å². The monoisotopic (exact) mass is 253 g/mol. The van der Waals surface area contributed by atoms with Crippen LogP contribution in [0.25, 0.3) is 0 Å². The van der Waals surface area contributed by atoms with Gasteiger partial charge in [0, 0.05) is 6.21 Å². The van der Waals surface area contributed by atoms with E-state index in [2.05, 4.69) is 61.6 Å². The maximum absolute atomic E-state index is 4.91. The quantitative estimate of drug-likeness (QED) is 0.513. The van der Waals surface area contributed by atoms with Gasteiger partial charge < -0.3 is 0 Å². The van der Waals surface area contributed by atoms with Gasteiger partial charge >= 0.3 is 0 Å². The van der Waals surface area contributed by atoms with Crippen LogP contribution < -0.4 is 0 Å². The number of aliphatic imine (C=N–C) groups is 1. The average Bonchev–Trinajstić information content (AvgIpc) is 2.24. The molecule has 0 saturated carbocycles. The van der Waals surface area contributed by atoms with Crippen molar-refractivity contribution < 1.29 is 0 Å². The Morgan fingerprint density at radius 1 is 1.06 bits per heavy atom. The van der Waals surface area contributed by atoms with E-state index >= 15 is 0 Å². The molecule has 0 spiro atoms. The van der Waals surface area contributed by atoms with Gasteiger partial charge in [0.2, 0.25) is 0 Å². The molecule has 0 aliphatic carbocycles. The summed E-state index contributed by atoms with van der Waals surface area (Å²) in [4.78, 5) is 4.91. The summed E-state index contributed by atoms with van der Waals surface area (Å²) in [5.74, 6) is 0.777. The van der Waals surface area contributed by atoms with E-state index in [1.54, 1.807) is 0 Å². The molecule has 0 aromatic rings. The fraction of sp³-hybridized carbons (Fsp3) is 0.941. The number of nitrogens with zero attached hydrogens (tertiary/aromatic N) is 1. The van der Waals surface area contributed by atoms with Crippen molar-refractivity contribution in [3.8, 4) is 0 Å². The van der Waals surface area contributed by atoms with Crippen LogP contribution in [0.5, 0.6) is 0 Å². The molecule has 0 aromatic heterocycles. The van der Waals surface area contributed by atoms with Crippen molar-refractivity contribution in [2.24, 2.45) is 21.7 Å². The largest absolute Gasteiger partial charge is 0.294 e. The van der Waals surface area contributed by atoms with Gasteiger partial charge in [0.05, 0.1) is 6.04 Å². The molecule has 0 saturated heterocycles. The number of hydrogen-bond acceptors (Lipinski definition) is 1. The Labute approximate surface area is 115 Å². The fourth-order valence-corrected chi connectivity index (χ4v) is 1.93. The van der Waals surface area contributed by atoms with Crippen molar-refractivity contribution >= 4 is 6.21 Å². The average molecular weight is 253 g/mol. The molecule has 0 radical (unpaired) electrons. The molecule has 0 fully saturated rings. The molecule has 2 unspecified atom stereocenters. The van der Waals surface area contributed by atoms with Crippen molar-refractivity contribution in [3.05, 3.63) is 0 Å². The van der Waals surface area contributed by atoms with Crippen LogP contribution in [0, 0.1) is 16.7 Å². The highest BCUT2D eigenvalue weighted by Crippen LogP contribution is 2.27. The fourth-order valence-electron chi connectivity index (χ4n) is 1.93. The smallest absolute Gasteiger partial charge is 0.0503 e. The Kier molecular flexibility index (Phi) is 7.17. The molecule has 0 aliphatic rings. The highest BCUT2D eigenvalue weighted by atomic mass is 14.8. The molecule has 0 rings (SSSR count). The van der Waals surface area contributed by atoms with Crippen molar-refractivity contribution in [1.29, 1.82) is 0 Å². The number of rotatable bonds is 7. The first kappa shape index (κ1) is 17.7. The molecule has 18 heavy (non-hydrogen) atoms. The molecule has 2 atom stereocenters. The molecule has 1 nitrogen and oxygen atoms in total. The topological polar surface area (TPSA) is 12.4 Å². The third kappa shape index (κ3) is 8.72. The van der Waals surface area contributed by atoms with E-state index < -0.39 is 0 Å². The lowest BCUT2D eigenvalue weighted by Crippen LogP contribution is -2.21. The van der Waals surface area contributed by atoms with Gasteiger partial charge in [0.1, 0.15) is 0 Å². The lowest BCUT2D eigenvalue weighted by atomic mass is 9.84. The summed E-state index contributed by atoms with van der Waals surface area (Å²) in [5.41, 5.74) is 0.609. The maximum Gasteiger partial charge on any atom is 0.0503 e. The molecular weight excluding hydrogens is 218 g/mol. The van der Waals surface area contributed by atoms with Crippen LogP contribution in [0.1, 0.15) is 81.1 Å². The van der Waals surface area contributed by atoms with E-state index in [4.69, 9.17) is 4.99 Å². The van der Waals surface area contributed by atoms with Gasteiger partial charge in [-0.15, -0.1) is 0 Å². The minimum Gasteiger partial charge on any atom is -0.294 e. The molecule has 0 amide bonds. The van der Waals surface area contributed by atoms with E-state index in [1.807, 2.05) is 0 Å². The highest BCUT2D eigenvalue weighted by Gasteiger charge is 2.20. The van der Waals surface area contributed by atoms with Gasteiger partial charge in [-0.1, -0.05) is 61.8 Å². The molecule has 0 aromatic carbocycles. The van der Waals surface area contributed by atoms with Gasteiger partial charge in [-0.2, -0.15) is 0 Å². The molecule has 0 aliphatic heterocycles. The second-order valence-corrected chi connectivity index (χ2v) is 7.79. The van der Waals surface area contributed by atoms with E-state index in [1.165, 1.54) is 19.3 Å². The Bertz CT molecular complexity index is 245. The van der Waals surface area contributed by atoms with Crippen LogP contribution in [-0.4, -0.2) is 12.3 Å². The molecule has 108 valence electrons. The summed E-state index contributed by atoms with van der Waals surface area (Å²) in [5, 5.41) is 0. The van der Waals surface area contributed by atoms with Gasteiger partial charge in [-0.25, -0.2) is 0 Å². The molecule has 0 N–H and O–H groups in total. The Morgan fingerprint density at radius 3 is 2.00 bits per heavy atom. The van der Waals surface area contributed by atoms with Crippen LogP contribution >= 0.6 is 0 Å². The normalized spacial score (nSPS) is 17.1. The zero-order chi connectivity index (χ0) is 14.4. The Morgan fingerprint density at radius 2 is 1.61 bits per heavy atom. The predicted octanol–water partition coefficient (Wildman–Crippen LogP) is 5.73. The SMILES string of the molecule is CCC(C)CC(CC(C)(C)C)N=CC(C)(C)CC. The maximum atomic E-state index is 4.91. The minimum atomic E-state index is 0.242. The summed E-state index contributed by atoms with van der Waals surface area (Å²) < 4.78 is 0. The van der Waals surface area contributed by atoms with Crippen LogP contribution in [0.3, 0.4) is 0 Å². The lowest BCUT2D eigenvalue weighted by molar-refractivity contribution is 0.308. The summed E-state index contributed by atoms with van der Waals surface area (Å²) in [6.07, 6.45) is 7.03. The highest BCUT2D eigenvalue weighted by molar-refractivity contribution is 5.64. The van der Waals surface area contributed by atoms with E-state index in [0.717, 1.165) is 12.3 Å². The first-order valence-corrected chi connectivity index (χ1v) is 7.64. The Hall–Kier alpha value is -0.330. The first-order chi connectivity index (χ1) is 8.09. The van der Waals surface area contributed by atoms with Gasteiger partial charge in [-0.3, -0.25) is 4.99 Å². The zero-order valence-electron chi connectivity index (χ0n) is 14.0. The minimum absolute atomic E-state index is 0.242. The van der Waals surface area contributed by atoms with E-state index in [-0.39, 0.29) is 5.41 Å². The predicted molar refractivity (Wildman–Crippen MR) is 84.5 cm³/mol. The second-order valence-electron chi connectivity index (χ2n) is 7.79. The van der Waals surface area contributed by atoms with Crippen molar-refractivity contribution in [2.75, 3.05) is 0 Å². The van der Waals surface area contributed by atoms with Crippen molar-refractivity contribution in [1.82, 2.24) is 0 Å². The molecule has 0 heterocycles. The zero-order valence-corrected chi connectivity index (χ0v) is 14.0. The van der Waals surface area contributed by atoms with Crippen LogP contribution in [-0.2, 0) is 0 Å². The van der Waals surface area contributed by atoms with Gasteiger partial charge in [0.25, 0.3) is 0 Å². The standard InChI is InChI=1S/C17H35N/c1-9-14(3)11-15(12-16(4,5)6)18-13-17(7,8)10-2/h13-15H,9-12H2,1-8H3. The molecule has 1 heteroatoms. The van der Waals surface area contributed by atoms with Crippen LogP contribution in [0.15, 0.2) is 4.99 Å². The van der Waals surface area contributed by atoms with Gasteiger partial charge in [0.15, 0.2) is 0 Å². The van der Waals surface area contributed by atoms with Crippen LogP contribution in [0.2, 0.25) is 0 Å². The molecular formula is C17H35N. The number of hydrogen-bond donors (Lipinski definition) is 0. The summed E-state index contributed by atoms with van der Waals surface area (Å²) in [7, 11) is 0. The third-order valence-electron chi connectivity index (χ3n) is 3.77. The first-order valence-electron chi connectivity index (χ1n) is 7.64. The van der Waals surface area contributed by atoms with E-state index in [0.29, 0.717) is 11.5 Å². The summed E-state index contributed by atoms with van der Waals surface area (Å²) >= 11 is 0. The third-order valence-corrected chi connectivity index (χ3v) is 3.77. The summed E-state index contributed by atoms with van der Waals surface area (Å²) in [6, 6.07) is 0.491. The summed E-state index contributed by atoms with van der Waals surface area (Å²) in [6.45, 7) is 18.3. The van der Waals surface area contributed by atoms with Crippen LogP contribution in [0.4, 0.5) is 0 Å². The second kappa shape index (κ2) is 7.31. The van der Waals surface area contributed by atoms with E-state index in [9.17, 15) is 0 Å².